The topological polar surface area (TPSA) is 58.2 Å². The number of nitrogens with one attached hydrogen (secondary N) is 2. The van der Waals surface area contributed by atoms with Crippen molar-refractivity contribution in [1.82, 2.24) is 10.6 Å². The first-order valence-electron chi connectivity index (χ1n) is 10.6. The monoisotopic (exact) mass is 630 g/mol. The van der Waals surface area contributed by atoms with E-state index in [1.165, 1.54) is 5.32 Å². The van der Waals surface area contributed by atoms with Gasteiger partial charge in [0.1, 0.15) is 24.3 Å². The van der Waals surface area contributed by atoms with E-state index in [0.717, 1.165) is 6.92 Å². The van der Waals surface area contributed by atoms with Crippen molar-refractivity contribution in [2.45, 2.75) is 37.4 Å². The van der Waals surface area contributed by atoms with Crippen molar-refractivity contribution in [3.8, 4) is 0 Å². The molecule has 0 aliphatic rings. The van der Waals surface area contributed by atoms with E-state index in [1.807, 2.05) is 0 Å². The molecule has 0 heterocycles. The normalized spacial score (nSPS) is 14.5. The zero-order chi connectivity index (χ0) is 30.8. The molecule has 1 unspecified atom stereocenters. The number of halogens is 13. The zero-order valence-corrected chi connectivity index (χ0v) is 21.1. The van der Waals surface area contributed by atoms with Crippen molar-refractivity contribution in [3.63, 3.8) is 0 Å². The summed E-state index contributed by atoms with van der Waals surface area (Å²) in [4.78, 5) is 24.1. The number of carbonyl (C=O) groups is 2. The molecule has 0 saturated carbocycles. The van der Waals surface area contributed by atoms with E-state index in [1.54, 1.807) is 5.32 Å². The predicted octanol–water partition coefficient (Wildman–Crippen LogP) is 7.60. The summed E-state index contributed by atoms with van der Waals surface area (Å²) in [5.41, 5.74) is -4.91. The third-order valence-electron chi connectivity index (χ3n) is 5.08. The molecule has 2 N–H and O–H groups in total. The molecule has 0 radical (unpaired) electrons. The van der Waals surface area contributed by atoms with Gasteiger partial charge < -0.3 is 10.6 Å². The highest BCUT2D eigenvalue weighted by molar-refractivity contribution is 6.35. The predicted molar refractivity (Wildman–Crippen MR) is 122 cm³/mol. The minimum absolute atomic E-state index is 0.0210. The first kappa shape index (κ1) is 33.1. The summed E-state index contributed by atoms with van der Waals surface area (Å²) in [6.07, 6.45) is -15.5. The molecule has 0 saturated heterocycles. The fourth-order valence-corrected chi connectivity index (χ4v) is 3.69. The van der Waals surface area contributed by atoms with E-state index in [4.69, 9.17) is 23.2 Å². The second-order valence-electron chi connectivity index (χ2n) is 8.12. The molecule has 40 heavy (non-hydrogen) atoms. The molecule has 0 aliphatic carbocycles. The molecule has 0 fully saturated rings. The number of hydrogen-bond donors (Lipinski definition) is 2. The highest BCUT2D eigenvalue weighted by Crippen LogP contribution is 2.41. The Morgan fingerprint density at radius 2 is 1.50 bits per heavy atom. The van der Waals surface area contributed by atoms with Crippen LogP contribution in [0.25, 0.3) is 5.83 Å². The average molecular weight is 631 g/mol. The van der Waals surface area contributed by atoms with Crippen LogP contribution in [0.5, 0.6) is 0 Å². The average Bonchev–Trinajstić information content (AvgIpc) is 2.81. The van der Waals surface area contributed by atoms with Crippen LogP contribution < -0.4 is 10.6 Å². The first-order valence-corrected chi connectivity index (χ1v) is 11.3. The second kappa shape index (κ2) is 12.2. The van der Waals surface area contributed by atoms with E-state index in [2.05, 4.69) is 0 Å². The Hall–Kier alpha value is -3.07. The summed E-state index contributed by atoms with van der Waals surface area (Å²) in [6.45, 7) is -0.908. The Morgan fingerprint density at radius 1 is 0.950 bits per heavy atom. The number of hydrogen-bond acceptors (Lipinski definition) is 2. The van der Waals surface area contributed by atoms with Gasteiger partial charge in [0.05, 0.1) is 21.2 Å². The molecule has 2 amide bonds. The summed E-state index contributed by atoms with van der Waals surface area (Å²) in [5.74, 6) is -8.90. The molecule has 4 nitrogen and oxygen atoms in total. The quantitative estimate of drug-likeness (QED) is 0.244. The van der Waals surface area contributed by atoms with Crippen molar-refractivity contribution >= 4 is 40.8 Å². The van der Waals surface area contributed by atoms with Crippen LogP contribution in [-0.4, -0.2) is 36.8 Å². The minimum Gasteiger partial charge on any atom is -0.345 e. The fourth-order valence-electron chi connectivity index (χ4n) is 3.18. The smallest absolute Gasteiger partial charge is 0.345 e. The molecular formula is C23H15Cl2F11N2O2. The lowest BCUT2D eigenvalue weighted by Gasteiger charge is -2.19. The van der Waals surface area contributed by atoms with Gasteiger partial charge in [-0.1, -0.05) is 29.3 Å². The number of rotatable bonds is 7. The van der Waals surface area contributed by atoms with Crippen LogP contribution in [0.2, 0.25) is 10.0 Å². The van der Waals surface area contributed by atoms with Crippen molar-refractivity contribution in [2.75, 3.05) is 6.54 Å². The zero-order valence-electron chi connectivity index (χ0n) is 19.6. The highest BCUT2D eigenvalue weighted by Gasteiger charge is 2.41. The van der Waals surface area contributed by atoms with Crippen LogP contribution in [0, 0.1) is 5.82 Å². The molecule has 2 aromatic rings. The molecule has 0 bridgehead atoms. The molecule has 0 spiro atoms. The van der Waals surface area contributed by atoms with Gasteiger partial charge in [-0.05, 0) is 42.8 Å². The van der Waals surface area contributed by atoms with Crippen LogP contribution >= 0.6 is 23.2 Å². The number of benzene rings is 2. The van der Waals surface area contributed by atoms with Crippen molar-refractivity contribution in [3.05, 3.63) is 74.5 Å². The molecule has 220 valence electrons. The first-order chi connectivity index (χ1) is 18.1. The van der Waals surface area contributed by atoms with E-state index in [9.17, 15) is 57.9 Å². The van der Waals surface area contributed by atoms with Gasteiger partial charge in [-0.3, -0.25) is 9.59 Å². The highest BCUT2D eigenvalue weighted by atomic mass is 35.5. The van der Waals surface area contributed by atoms with Crippen LogP contribution in [0.4, 0.5) is 48.3 Å². The number of alkyl halides is 9. The van der Waals surface area contributed by atoms with Crippen LogP contribution in [0.15, 0.2) is 36.4 Å². The van der Waals surface area contributed by atoms with Gasteiger partial charge in [0.15, 0.2) is 5.82 Å². The van der Waals surface area contributed by atoms with Gasteiger partial charge in [0.25, 0.3) is 5.91 Å². The molecular weight excluding hydrogens is 616 g/mol. The molecule has 2 atom stereocenters. The largest absolute Gasteiger partial charge is 0.417 e. The number of allylic oxidation sites excluding steroid dienone is 1. The molecule has 0 aliphatic heterocycles. The maximum Gasteiger partial charge on any atom is 0.417 e. The Labute approximate surface area is 228 Å². The van der Waals surface area contributed by atoms with Crippen molar-refractivity contribution < 1.29 is 57.9 Å². The third-order valence-corrected chi connectivity index (χ3v) is 5.63. The standard InChI is InChI=1S/C23H15Cl2F11N2O2/c1-9(19(39)37-8-21(28,29)30)38-20(40)12-3-2-10(4-14(12)23(34,35)36)17(26)7-13(22(31,32)33)11-5-15(24)18(27)16(25)6-11/h2-7,9,13H,8H2,1H3,(H,37,39)(H,38,40)/b17-7-/t9-,13?/m1/s1. The Balaban J connectivity index is 2.45. The van der Waals surface area contributed by atoms with Crippen molar-refractivity contribution in [1.29, 1.82) is 0 Å². The third kappa shape index (κ3) is 8.71. The lowest BCUT2D eigenvalue weighted by atomic mass is 9.95. The molecule has 2 aromatic carbocycles. The van der Waals surface area contributed by atoms with Crippen molar-refractivity contribution in [2.24, 2.45) is 0 Å². The van der Waals surface area contributed by atoms with Gasteiger partial charge in [-0.2, -0.15) is 39.5 Å². The molecule has 17 heteroatoms. The van der Waals surface area contributed by atoms with E-state index in [0.29, 0.717) is 24.3 Å². The number of amides is 2. The summed E-state index contributed by atoms with van der Waals surface area (Å²) in [5, 5.41) is 1.50. The maximum absolute atomic E-state index is 14.9. The van der Waals surface area contributed by atoms with E-state index in [-0.39, 0.29) is 12.1 Å². The van der Waals surface area contributed by atoms with Gasteiger partial charge in [0, 0.05) is 5.56 Å². The lowest BCUT2D eigenvalue weighted by molar-refractivity contribution is -0.140. The lowest BCUT2D eigenvalue weighted by Crippen LogP contribution is -2.47. The molecule has 0 aromatic heterocycles. The summed E-state index contributed by atoms with van der Waals surface area (Å²) in [7, 11) is 0. The van der Waals surface area contributed by atoms with E-state index >= 15 is 0 Å². The van der Waals surface area contributed by atoms with Gasteiger partial charge >= 0.3 is 18.5 Å². The Kier molecular flexibility index (Phi) is 10.1. The second-order valence-corrected chi connectivity index (χ2v) is 8.93. The summed E-state index contributed by atoms with van der Waals surface area (Å²) >= 11 is 11.0. The van der Waals surface area contributed by atoms with Crippen LogP contribution in [0.3, 0.4) is 0 Å². The van der Waals surface area contributed by atoms with Gasteiger partial charge in [0.2, 0.25) is 5.91 Å². The minimum atomic E-state index is -5.37. The Bertz CT molecular complexity index is 1280. The van der Waals surface area contributed by atoms with E-state index < -0.39 is 92.8 Å². The number of carbonyl (C=O) groups excluding carboxylic acids is 2. The Morgan fingerprint density at radius 3 is 1.98 bits per heavy atom. The fraction of sp³-hybridized carbons (Fsp3) is 0.304. The maximum atomic E-state index is 14.9. The SMILES string of the molecule is C[C@@H](NC(=O)c1ccc(/C(F)=C/C(c2cc(Cl)c(F)c(Cl)c2)C(F)(F)F)cc1C(F)(F)F)C(=O)NCC(F)(F)F. The summed E-state index contributed by atoms with van der Waals surface area (Å²) in [6, 6.07) is 0.219. The summed E-state index contributed by atoms with van der Waals surface area (Å²) < 4.78 is 147. The van der Waals surface area contributed by atoms with Gasteiger partial charge in [-0.25, -0.2) is 8.78 Å². The van der Waals surface area contributed by atoms with Gasteiger partial charge in [-0.15, -0.1) is 0 Å². The van der Waals surface area contributed by atoms with Crippen LogP contribution in [0.1, 0.15) is 39.9 Å². The van der Waals surface area contributed by atoms with Crippen LogP contribution in [-0.2, 0) is 11.0 Å². The molecule has 2 rings (SSSR count).